The molecule has 8 heteroatoms. The number of nitrogens with one attached hydrogen (secondary N) is 2. The van der Waals surface area contributed by atoms with E-state index in [1.807, 2.05) is 23.0 Å². The molecule has 194 valence electrons. The number of aromatic nitrogens is 6. The first-order valence-corrected chi connectivity index (χ1v) is 13.5. The maximum absolute atomic E-state index is 6.19. The summed E-state index contributed by atoms with van der Waals surface area (Å²) < 4.78 is 2.00. The summed E-state index contributed by atoms with van der Waals surface area (Å²) in [5, 5.41) is 19.8. The van der Waals surface area contributed by atoms with Crippen LogP contribution in [0, 0.1) is 0 Å². The van der Waals surface area contributed by atoms with Crippen molar-refractivity contribution in [3.8, 4) is 0 Å². The Morgan fingerprint density at radius 1 is 1.00 bits per heavy atom. The maximum Gasteiger partial charge on any atom is 0.178 e. The van der Waals surface area contributed by atoms with E-state index < -0.39 is 0 Å². The molecule has 8 nitrogen and oxygen atoms in total. The average Bonchev–Trinajstić information content (AvgIpc) is 3.62. The molecule has 2 aromatic carbocycles. The highest BCUT2D eigenvalue weighted by Gasteiger charge is 2.24. The monoisotopic (exact) mass is 506 g/mol. The molecule has 38 heavy (non-hydrogen) atoms. The molecule has 4 N–H and O–H groups in total. The van der Waals surface area contributed by atoms with Crippen molar-refractivity contribution in [2.24, 2.45) is 0 Å². The fourth-order valence-electron chi connectivity index (χ4n) is 5.86. The Hall–Kier alpha value is -4.04. The van der Waals surface area contributed by atoms with E-state index in [1.165, 1.54) is 36.8 Å². The van der Waals surface area contributed by atoms with Crippen LogP contribution in [-0.2, 0) is 6.54 Å². The quantitative estimate of drug-likeness (QED) is 0.259. The largest absolute Gasteiger partial charge is 0.384 e. The van der Waals surface area contributed by atoms with E-state index in [1.54, 1.807) is 0 Å². The zero-order chi connectivity index (χ0) is 25.7. The van der Waals surface area contributed by atoms with E-state index in [0.29, 0.717) is 23.4 Å². The maximum atomic E-state index is 6.19. The molecule has 5 aromatic rings. The van der Waals surface area contributed by atoms with Gasteiger partial charge >= 0.3 is 0 Å². The summed E-state index contributed by atoms with van der Waals surface area (Å²) in [5.41, 5.74) is 12.5. The summed E-state index contributed by atoms with van der Waals surface area (Å²) in [7, 11) is 0. The third-order valence-corrected chi connectivity index (χ3v) is 7.83. The normalized spacial score (nSPS) is 18.5. The van der Waals surface area contributed by atoms with E-state index in [-0.39, 0.29) is 5.92 Å². The van der Waals surface area contributed by atoms with Crippen LogP contribution in [0.5, 0.6) is 0 Å². The molecule has 6 rings (SSSR count). The van der Waals surface area contributed by atoms with Crippen LogP contribution in [0.1, 0.15) is 66.2 Å². The number of benzene rings is 2. The number of hydrogen-bond acceptors (Lipinski definition) is 6. The summed E-state index contributed by atoms with van der Waals surface area (Å²) in [6.45, 7) is 1.63. The van der Waals surface area contributed by atoms with Crippen LogP contribution in [0.2, 0.25) is 0 Å². The SMILES string of the molecule is Nc1cc(C(CCN[C@H]2CC[C@H](c3ccccc3)CC2)c2cnn(Cc3ccccc3)c2)c2nn[nH]c2n1. The zero-order valence-electron chi connectivity index (χ0n) is 21.5. The van der Waals surface area contributed by atoms with Gasteiger partial charge in [-0.05, 0) is 72.9 Å². The highest BCUT2D eigenvalue weighted by molar-refractivity contribution is 5.77. The summed E-state index contributed by atoms with van der Waals surface area (Å²) >= 11 is 0. The van der Waals surface area contributed by atoms with Gasteiger partial charge in [0.15, 0.2) is 5.65 Å². The molecule has 0 saturated heterocycles. The second-order valence-electron chi connectivity index (χ2n) is 10.4. The standard InChI is InChI=1S/C30H34N8/c31-28-17-27(29-30(34-28)36-37-35-29)26(24-18-33-38(20-24)19-21-7-3-1-4-8-21)15-16-32-25-13-11-23(12-14-25)22-9-5-2-6-10-22/h1-10,17-18,20,23,25-26,32H,11-16,19H2,(H3,31,34,35,36,37)/t23-,25-,26?. The van der Waals surface area contributed by atoms with Gasteiger partial charge in [-0.2, -0.15) is 5.10 Å². The van der Waals surface area contributed by atoms with Gasteiger partial charge in [0.1, 0.15) is 11.3 Å². The number of rotatable bonds is 9. The second-order valence-corrected chi connectivity index (χ2v) is 10.4. The van der Waals surface area contributed by atoms with E-state index >= 15 is 0 Å². The predicted octanol–water partition coefficient (Wildman–Crippen LogP) is 5.02. The third-order valence-electron chi connectivity index (χ3n) is 7.83. The molecular formula is C30H34N8. The van der Waals surface area contributed by atoms with Crippen molar-refractivity contribution in [1.82, 2.24) is 35.5 Å². The van der Waals surface area contributed by atoms with Gasteiger partial charge < -0.3 is 11.1 Å². The minimum Gasteiger partial charge on any atom is -0.384 e. The Balaban J connectivity index is 1.17. The number of hydrogen-bond donors (Lipinski definition) is 3. The van der Waals surface area contributed by atoms with Crippen LogP contribution < -0.4 is 11.1 Å². The number of nitrogens with two attached hydrogens (primary N) is 1. The Kier molecular flexibility index (Phi) is 7.13. The molecule has 1 saturated carbocycles. The molecule has 0 radical (unpaired) electrons. The topological polar surface area (TPSA) is 110 Å². The molecule has 1 aliphatic rings. The number of H-pyrrole nitrogens is 1. The van der Waals surface area contributed by atoms with E-state index in [9.17, 15) is 0 Å². The van der Waals surface area contributed by atoms with Gasteiger partial charge in [0.05, 0.1) is 12.7 Å². The number of aromatic amines is 1. The van der Waals surface area contributed by atoms with Crippen LogP contribution in [-0.4, -0.2) is 42.8 Å². The summed E-state index contributed by atoms with van der Waals surface area (Å²) in [5.74, 6) is 1.22. The number of pyridine rings is 1. The first-order chi connectivity index (χ1) is 18.7. The van der Waals surface area contributed by atoms with Gasteiger partial charge in [0.25, 0.3) is 0 Å². The Bertz CT molecular complexity index is 1450. The molecule has 0 aliphatic heterocycles. The van der Waals surface area contributed by atoms with Crippen molar-refractivity contribution in [3.05, 3.63) is 101 Å². The molecule has 1 atom stereocenters. The van der Waals surface area contributed by atoms with Gasteiger partial charge in [0.2, 0.25) is 0 Å². The minimum absolute atomic E-state index is 0.0746. The highest BCUT2D eigenvalue weighted by Crippen LogP contribution is 2.34. The Labute approximate surface area is 222 Å². The molecule has 1 fully saturated rings. The lowest BCUT2D eigenvalue weighted by molar-refractivity contribution is 0.340. The van der Waals surface area contributed by atoms with Crippen LogP contribution in [0.3, 0.4) is 0 Å². The number of anilines is 1. The molecular weight excluding hydrogens is 472 g/mol. The van der Waals surface area contributed by atoms with Gasteiger partial charge in [0, 0.05) is 18.2 Å². The molecule has 3 aromatic heterocycles. The summed E-state index contributed by atoms with van der Waals surface area (Å²) in [4.78, 5) is 4.38. The van der Waals surface area contributed by atoms with Crippen molar-refractivity contribution >= 4 is 17.0 Å². The fourth-order valence-corrected chi connectivity index (χ4v) is 5.86. The molecule has 0 amide bonds. The first kappa shape index (κ1) is 24.3. The van der Waals surface area contributed by atoms with E-state index in [4.69, 9.17) is 5.73 Å². The lowest BCUT2D eigenvalue weighted by Gasteiger charge is -2.30. The Morgan fingerprint density at radius 2 is 1.76 bits per heavy atom. The highest BCUT2D eigenvalue weighted by atomic mass is 15.3. The van der Waals surface area contributed by atoms with Crippen LogP contribution >= 0.6 is 0 Å². The number of nitrogens with zero attached hydrogens (tertiary/aromatic N) is 5. The van der Waals surface area contributed by atoms with Crippen LogP contribution in [0.15, 0.2) is 79.1 Å². The smallest absolute Gasteiger partial charge is 0.178 e. The molecule has 0 spiro atoms. The number of fused-ring (bicyclic) bond motifs is 1. The number of nitrogen functional groups attached to an aromatic ring is 1. The lowest BCUT2D eigenvalue weighted by Crippen LogP contribution is -2.34. The Morgan fingerprint density at radius 3 is 2.55 bits per heavy atom. The van der Waals surface area contributed by atoms with Crippen molar-refractivity contribution in [2.75, 3.05) is 12.3 Å². The molecule has 1 unspecified atom stereocenters. The van der Waals surface area contributed by atoms with E-state index in [0.717, 1.165) is 36.2 Å². The van der Waals surface area contributed by atoms with Gasteiger partial charge in [-0.15, -0.1) is 5.10 Å². The molecule has 0 bridgehead atoms. The predicted molar refractivity (Wildman–Crippen MR) is 150 cm³/mol. The first-order valence-electron chi connectivity index (χ1n) is 13.5. The average molecular weight is 507 g/mol. The van der Waals surface area contributed by atoms with Crippen molar-refractivity contribution in [1.29, 1.82) is 0 Å². The van der Waals surface area contributed by atoms with Gasteiger partial charge in [-0.25, -0.2) is 10.1 Å². The van der Waals surface area contributed by atoms with Crippen LogP contribution in [0.4, 0.5) is 5.82 Å². The zero-order valence-corrected chi connectivity index (χ0v) is 21.5. The molecule has 3 heterocycles. The van der Waals surface area contributed by atoms with E-state index in [2.05, 4.69) is 91.6 Å². The fraction of sp³-hybridized carbons (Fsp3) is 0.333. The summed E-state index contributed by atoms with van der Waals surface area (Å²) in [6, 6.07) is 23.8. The minimum atomic E-state index is 0.0746. The lowest BCUT2D eigenvalue weighted by atomic mass is 9.81. The van der Waals surface area contributed by atoms with Crippen molar-refractivity contribution in [3.63, 3.8) is 0 Å². The van der Waals surface area contributed by atoms with Crippen LogP contribution in [0.25, 0.3) is 11.2 Å². The third kappa shape index (κ3) is 5.45. The summed E-state index contributed by atoms with van der Waals surface area (Å²) in [6.07, 6.45) is 9.90. The van der Waals surface area contributed by atoms with Crippen molar-refractivity contribution in [2.45, 2.75) is 56.5 Å². The molecule has 1 aliphatic carbocycles. The van der Waals surface area contributed by atoms with Gasteiger partial charge in [-0.3, -0.25) is 4.68 Å². The van der Waals surface area contributed by atoms with Crippen molar-refractivity contribution < 1.29 is 0 Å². The second kappa shape index (κ2) is 11.1. The van der Waals surface area contributed by atoms with Gasteiger partial charge in [-0.1, -0.05) is 65.9 Å².